The average Bonchev–Trinajstić information content (AvgIpc) is 2.25. The van der Waals surface area contributed by atoms with Crippen LogP contribution < -0.4 is 0 Å². The van der Waals surface area contributed by atoms with Crippen LogP contribution in [-0.4, -0.2) is 11.1 Å². The molecule has 1 aromatic carbocycles. The van der Waals surface area contributed by atoms with Crippen LogP contribution in [0.15, 0.2) is 24.3 Å². The molecule has 0 aromatic heterocycles. The average molecular weight is 262 g/mol. The highest BCUT2D eigenvalue weighted by Crippen LogP contribution is 2.37. The Morgan fingerprint density at radius 3 is 2.05 bits per heavy atom. The fraction of sp³-hybridized carbons (Fsp3) is 0.588. The molecule has 0 aliphatic carbocycles. The molecule has 0 amide bonds. The molecule has 19 heavy (non-hydrogen) atoms. The SMILES string of the molecule is CC(C)Cc1ccc(C(CC(=O)O)C(C)(C)C)cc1. The number of hydrogen-bond donors (Lipinski definition) is 1. The van der Waals surface area contributed by atoms with Crippen molar-refractivity contribution in [1.82, 2.24) is 0 Å². The Bertz CT molecular complexity index is 410. The van der Waals surface area contributed by atoms with Gasteiger partial charge in [0.2, 0.25) is 0 Å². The molecule has 0 aliphatic heterocycles. The van der Waals surface area contributed by atoms with Gasteiger partial charge in [-0.1, -0.05) is 58.9 Å². The molecule has 1 atom stereocenters. The van der Waals surface area contributed by atoms with Gasteiger partial charge in [-0.3, -0.25) is 4.79 Å². The second kappa shape index (κ2) is 6.23. The molecule has 2 heteroatoms. The van der Waals surface area contributed by atoms with Crippen LogP contribution >= 0.6 is 0 Å². The number of hydrogen-bond acceptors (Lipinski definition) is 1. The number of carbonyl (C=O) groups is 1. The lowest BCUT2D eigenvalue weighted by molar-refractivity contribution is -0.138. The van der Waals surface area contributed by atoms with Gasteiger partial charge in [-0.25, -0.2) is 0 Å². The van der Waals surface area contributed by atoms with Crippen LogP contribution in [0.2, 0.25) is 0 Å². The minimum atomic E-state index is -0.730. The third kappa shape index (κ3) is 5.06. The molecule has 0 spiro atoms. The van der Waals surface area contributed by atoms with E-state index in [1.807, 2.05) is 0 Å². The van der Waals surface area contributed by atoms with Crippen molar-refractivity contribution in [2.45, 2.75) is 53.4 Å². The van der Waals surface area contributed by atoms with E-state index in [2.05, 4.69) is 58.9 Å². The number of carboxylic acids is 1. The molecule has 0 heterocycles. The summed E-state index contributed by atoms with van der Waals surface area (Å²) in [6.07, 6.45) is 1.26. The van der Waals surface area contributed by atoms with Gasteiger partial charge in [0, 0.05) is 0 Å². The summed E-state index contributed by atoms with van der Waals surface area (Å²) in [5.41, 5.74) is 2.40. The van der Waals surface area contributed by atoms with E-state index in [-0.39, 0.29) is 17.8 Å². The molecule has 1 N–H and O–H groups in total. The van der Waals surface area contributed by atoms with E-state index in [9.17, 15) is 4.79 Å². The first kappa shape index (κ1) is 15.7. The van der Waals surface area contributed by atoms with Crippen molar-refractivity contribution in [3.05, 3.63) is 35.4 Å². The molecule has 0 radical (unpaired) electrons. The minimum absolute atomic E-state index is 0.0437. The van der Waals surface area contributed by atoms with Crippen LogP contribution in [0.4, 0.5) is 0 Å². The van der Waals surface area contributed by atoms with Crippen molar-refractivity contribution in [3.8, 4) is 0 Å². The van der Waals surface area contributed by atoms with E-state index < -0.39 is 5.97 Å². The van der Waals surface area contributed by atoms with Crippen molar-refractivity contribution in [3.63, 3.8) is 0 Å². The summed E-state index contributed by atoms with van der Waals surface area (Å²) < 4.78 is 0. The Morgan fingerprint density at radius 2 is 1.68 bits per heavy atom. The molecule has 106 valence electrons. The lowest BCUT2D eigenvalue weighted by atomic mass is 9.74. The molecule has 0 bridgehead atoms. The summed E-state index contributed by atoms with van der Waals surface area (Å²) in [6, 6.07) is 8.46. The molecular weight excluding hydrogens is 236 g/mol. The molecule has 0 saturated carbocycles. The first-order valence-corrected chi connectivity index (χ1v) is 7.00. The Hall–Kier alpha value is -1.31. The maximum atomic E-state index is 11.0. The molecule has 1 unspecified atom stereocenters. The summed E-state index contributed by atoms with van der Waals surface area (Å²) in [7, 11) is 0. The Balaban J connectivity index is 2.94. The van der Waals surface area contributed by atoms with Crippen molar-refractivity contribution in [2.24, 2.45) is 11.3 Å². The zero-order valence-corrected chi connectivity index (χ0v) is 12.7. The van der Waals surface area contributed by atoms with Crippen molar-refractivity contribution in [1.29, 1.82) is 0 Å². The van der Waals surface area contributed by atoms with Gasteiger partial charge >= 0.3 is 5.97 Å². The monoisotopic (exact) mass is 262 g/mol. The second-order valence-electron chi connectivity index (χ2n) is 6.86. The van der Waals surface area contributed by atoms with Crippen LogP contribution in [0.1, 0.15) is 58.1 Å². The summed E-state index contributed by atoms with van der Waals surface area (Å²) in [4.78, 5) is 11.0. The topological polar surface area (TPSA) is 37.3 Å². The minimum Gasteiger partial charge on any atom is -0.481 e. The van der Waals surface area contributed by atoms with Crippen LogP contribution in [0.25, 0.3) is 0 Å². The van der Waals surface area contributed by atoms with E-state index in [0.717, 1.165) is 12.0 Å². The zero-order valence-electron chi connectivity index (χ0n) is 12.7. The van der Waals surface area contributed by atoms with Gasteiger partial charge in [-0.2, -0.15) is 0 Å². The van der Waals surface area contributed by atoms with Crippen LogP contribution in [-0.2, 0) is 11.2 Å². The maximum Gasteiger partial charge on any atom is 0.303 e. The van der Waals surface area contributed by atoms with Crippen LogP contribution in [0.3, 0.4) is 0 Å². The third-order valence-electron chi connectivity index (χ3n) is 3.45. The largest absolute Gasteiger partial charge is 0.481 e. The molecule has 0 fully saturated rings. The van der Waals surface area contributed by atoms with E-state index in [0.29, 0.717) is 5.92 Å². The normalized spacial score (nSPS) is 13.6. The fourth-order valence-electron chi connectivity index (χ4n) is 2.46. The lowest BCUT2D eigenvalue weighted by Gasteiger charge is -2.30. The molecule has 0 saturated heterocycles. The molecule has 0 aliphatic rings. The summed E-state index contributed by atoms with van der Waals surface area (Å²) in [5.74, 6) is -0.0347. The summed E-state index contributed by atoms with van der Waals surface area (Å²) in [6.45, 7) is 10.7. The number of benzene rings is 1. The molecule has 2 nitrogen and oxygen atoms in total. The Morgan fingerprint density at radius 1 is 1.16 bits per heavy atom. The lowest BCUT2D eigenvalue weighted by Crippen LogP contribution is -2.21. The Labute approximate surface area is 116 Å². The molecule has 1 rings (SSSR count). The number of aliphatic carboxylic acids is 1. The first-order chi connectivity index (χ1) is 8.70. The van der Waals surface area contributed by atoms with E-state index >= 15 is 0 Å². The predicted molar refractivity (Wildman–Crippen MR) is 79.4 cm³/mol. The highest BCUT2D eigenvalue weighted by Gasteiger charge is 2.28. The Kier molecular flexibility index (Phi) is 5.16. The van der Waals surface area contributed by atoms with Crippen molar-refractivity contribution >= 4 is 5.97 Å². The molecular formula is C17H26O2. The van der Waals surface area contributed by atoms with E-state index in [1.54, 1.807) is 0 Å². The molecule has 1 aromatic rings. The van der Waals surface area contributed by atoms with E-state index in [1.165, 1.54) is 5.56 Å². The van der Waals surface area contributed by atoms with Crippen LogP contribution in [0.5, 0.6) is 0 Å². The van der Waals surface area contributed by atoms with Gasteiger partial charge in [0.15, 0.2) is 0 Å². The predicted octanol–water partition coefficient (Wildman–Crippen LogP) is 4.49. The summed E-state index contributed by atoms with van der Waals surface area (Å²) in [5, 5.41) is 9.08. The fourth-order valence-corrected chi connectivity index (χ4v) is 2.46. The standard InChI is InChI=1S/C17H26O2/c1-12(2)10-13-6-8-14(9-7-13)15(11-16(18)19)17(3,4)5/h6-9,12,15H,10-11H2,1-5H3,(H,18,19). The quantitative estimate of drug-likeness (QED) is 0.849. The third-order valence-corrected chi connectivity index (χ3v) is 3.45. The van der Waals surface area contributed by atoms with Gasteiger partial charge < -0.3 is 5.11 Å². The van der Waals surface area contributed by atoms with Crippen molar-refractivity contribution in [2.75, 3.05) is 0 Å². The number of rotatable bonds is 5. The first-order valence-electron chi connectivity index (χ1n) is 7.00. The summed E-state index contributed by atoms with van der Waals surface area (Å²) >= 11 is 0. The van der Waals surface area contributed by atoms with Gasteiger partial charge in [0.25, 0.3) is 0 Å². The van der Waals surface area contributed by atoms with Gasteiger partial charge in [0.05, 0.1) is 6.42 Å². The maximum absolute atomic E-state index is 11.0. The smallest absolute Gasteiger partial charge is 0.303 e. The van der Waals surface area contributed by atoms with Crippen LogP contribution in [0, 0.1) is 11.3 Å². The zero-order chi connectivity index (χ0) is 14.6. The van der Waals surface area contributed by atoms with Gasteiger partial charge in [0.1, 0.15) is 0 Å². The second-order valence-corrected chi connectivity index (χ2v) is 6.86. The highest BCUT2D eigenvalue weighted by atomic mass is 16.4. The van der Waals surface area contributed by atoms with Gasteiger partial charge in [-0.05, 0) is 34.8 Å². The number of carboxylic acid groups (broad SMARTS) is 1. The highest BCUT2D eigenvalue weighted by molar-refractivity contribution is 5.68. The van der Waals surface area contributed by atoms with Crippen molar-refractivity contribution < 1.29 is 9.90 Å². The van der Waals surface area contributed by atoms with E-state index in [4.69, 9.17) is 5.11 Å². The van der Waals surface area contributed by atoms with Gasteiger partial charge in [-0.15, -0.1) is 0 Å².